The van der Waals surface area contributed by atoms with Crippen LogP contribution in [0.3, 0.4) is 0 Å². The van der Waals surface area contributed by atoms with Crippen molar-refractivity contribution in [2.75, 3.05) is 19.0 Å². The minimum atomic E-state index is -0.621. The maximum Gasteiger partial charge on any atom is 0.276 e. The molecule has 39 heavy (non-hydrogen) atoms. The number of carbonyl (C=O) groups is 3. The van der Waals surface area contributed by atoms with Crippen molar-refractivity contribution in [3.8, 4) is 5.75 Å². The molecule has 0 aliphatic heterocycles. The summed E-state index contributed by atoms with van der Waals surface area (Å²) in [5.41, 5.74) is 8.80. The molecule has 0 atom stereocenters. The number of aromatic nitrogens is 4. The SMILES string of the molecule is CCn1nc(C)cc1C(=O)Nc1nc2cc(C(N)=O)cc(OC)c2n1C/C=C/CNC(=O)Cc1ccccc1. The summed E-state index contributed by atoms with van der Waals surface area (Å²) in [6.45, 7) is 4.88. The molecule has 0 aliphatic rings. The highest BCUT2D eigenvalue weighted by atomic mass is 16.5. The van der Waals surface area contributed by atoms with E-state index in [2.05, 4.69) is 20.7 Å². The van der Waals surface area contributed by atoms with Gasteiger partial charge in [0.1, 0.15) is 17.0 Å². The third-order valence-corrected chi connectivity index (χ3v) is 6.05. The van der Waals surface area contributed by atoms with Crippen molar-refractivity contribution in [2.24, 2.45) is 5.73 Å². The highest BCUT2D eigenvalue weighted by Crippen LogP contribution is 2.31. The molecule has 0 radical (unpaired) electrons. The van der Waals surface area contributed by atoms with Gasteiger partial charge in [0.05, 0.1) is 24.7 Å². The first-order valence-corrected chi connectivity index (χ1v) is 12.5. The number of nitrogens with one attached hydrogen (secondary N) is 2. The molecule has 4 aromatic rings. The van der Waals surface area contributed by atoms with Crippen LogP contribution in [0.4, 0.5) is 5.95 Å². The number of anilines is 1. The van der Waals surface area contributed by atoms with Crippen LogP contribution in [0.15, 0.2) is 60.7 Å². The van der Waals surface area contributed by atoms with Gasteiger partial charge in [0.2, 0.25) is 17.8 Å². The van der Waals surface area contributed by atoms with Crippen molar-refractivity contribution in [1.82, 2.24) is 24.6 Å². The zero-order valence-electron chi connectivity index (χ0n) is 22.1. The van der Waals surface area contributed by atoms with Gasteiger partial charge in [-0.25, -0.2) is 4.98 Å². The lowest BCUT2D eigenvalue weighted by atomic mass is 10.1. The van der Waals surface area contributed by atoms with Crippen molar-refractivity contribution < 1.29 is 19.1 Å². The minimum Gasteiger partial charge on any atom is -0.494 e. The molecule has 3 amide bonds. The smallest absolute Gasteiger partial charge is 0.276 e. The number of nitrogens with two attached hydrogens (primary N) is 1. The Hall–Kier alpha value is -4.93. The molecule has 0 saturated heterocycles. The second-order valence-corrected chi connectivity index (χ2v) is 8.84. The molecular weight excluding hydrogens is 498 g/mol. The van der Waals surface area contributed by atoms with E-state index in [9.17, 15) is 14.4 Å². The first kappa shape index (κ1) is 27.1. The average Bonchev–Trinajstić information content (AvgIpc) is 3.47. The topological polar surface area (TPSA) is 146 Å². The summed E-state index contributed by atoms with van der Waals surface area (Å²) in [5, 5.41) is 10.1. The maximum absolute atomic E-state index is 13.2. The normalized spacial score (nSPS) is 11.2. The van der Waals surface area contributed by atoms with Gasteiger partial charge in [-0.15, -0.1) is 0 Å². The van der Waals surface area contributed by atoms with E-state index in [-0.39, 0.29) is 23.3 Å². The maximum atomic E-state index is 13.2. The second kappa shape index (κ2) is 12.1. The van der Waals surface area contributed by atoms with Crippen LogP contribution < -0.4 is 21.1 Å². The van der Waals surface area contributed by atoms with E-state index in [1.54, 1.807) is 21.4 Å². The summed E-state index contributed by atoms with van der Waals surface area (Å²) in [7, 11) is 1.48. The standard InChI is InChI=1S/C28H31N7O4/c1-4-35-22(14-18(2)33-35)27(38)32-28-31-21-16-20(26(29)37)17-23(39-3)25(21)34(28)13-9-8-12-30-24(36)15-19-10-6-5-7-11-19/h5-11,14,16-17H,4,12-13,15H2,1-3H3,(H2,29,37)(H,30,36)(H,31,32,38)/b9-8+. The van der Waals surface area contributed by atoms with E-state index >= 15 is 0 Å². The molecule has 4 N–H and O–H groups in total. The molecule has 0 aliphatic carbocycles. The number of imidazole rings is 1. The predicted octanol–water partition coefficient (Wildman–Crippen LogP) is 2.84. The number of hydrogen-bond acceptors (Lipinski definition) is 6. The summed E-state index contributed by atoms with van der Waals surface area (Å²) < 4.78 is 8.92. The van der Waals surface area contributed by atoms with Gasteiger partial charge in [0.15, 0.2) is 0 Å². The van der Waals surface area contributed by atoms with Gasteiger partial charge in [-0.05, 0) is 37.6 Å². The molecule has 0 saturated carbocycles. The van der Waals surface area contributed by atoms with Gasteiger partial charge in [0, 0.05) is 25.2 Å². The second-order valence-electron chi connectivity index (χ2n) is 8.84. The Balaban J connectivity index is 1.58. The third-order valence-electron chi connectivity index (χ3n) is 6.05. The summed E-state index contributed by atoms with van der Waals surface area (Å²) in [6, 6.07) is 14.3. The van der Waals surface area contributed by atoms with Gasteiger partial charge in [0.25, 0.3) is 5.91 Å². The molecule has 0 fully saturated rings. The number of carbonyl (C=O) groups excluding carboxylic acids is 3. The molecule has 0 spiro atoms. The average molecular weight is 530 g/mol. The number of ether oxygens (including phenoxy) is 1. The Morgan fingerprint density at radius 1 is 1.10 bits per heavy atom. The molecule has 11 nitrogen and oxygen atoms in total. The number of allylic oxidation sites excluding steroid dienone is 1. The van der Waals surface area contributed by atoms with Crippen molar-refractivity contribution in [2.45, 2.75) is 33.4 Å². The summed E-state index contributed by atoms with van der Waals surface area (Å²) in [6.07, 6.45) is 3.96. The van der Waals surface area contributed by atoms with E-state index in [0.29, 0.717) is 48.5 Å². The molecule has 0 unspecified atom stereocenters. The van der Waals surface area contributed by atoms with Crippen LogP contribution >= 0.6 is 0 Å². The van der Waals surface area contributed by atoms with Gasteiger partial charge < -0.3 is 20.4 Å². The number of hydrogen-bond donors (Lipinski definition) is 3. The number of aryl methyl sites for hydroxylation is 2. The number of fused-ring (bicyclic) bond motifs is 1. The van der Waals surface area contributed by atoms with Crippen LogP contribution in [0, 0.1) is 6.92 Å². The van der Waals surface area contributed by atoms with Crippen LogP contribution in [0.25, 0.3) is 11.0 Å². The molecule has 4 rings (SSSR count). The number of amides is 3. The monoisotopic (exact) mass is 529 g/mol. The highest BCUT2D eigenvalue weighted by Gasteiger charge is 2.21. The largest absolute Gasteiger partial charge is 0.494 e. The first-order chi connectivity index (χ1) is 18.8. The van der Waals surface area contributed by atoms with Gasteiger partial charge in [-0.1, -0.05) is 42.5 Å². The van der Waals surface area contributed by atoms with Crippen LogP contribution in [0.1, 0.15) is 39.0 Å². The van der Waals surface area contributed by atoms with E-state index in [4.69, 9.17) is 10.5 Å². The van der Waals surface area contributed by atoms with Crippen molar-refractivity contribution in [1.29, 1.82) is 0 Å². The summed E-state index contributed by atoms with van der Waals surface area (Å²) >= 11 is 0. The van der Waals surface area contributed by atoms with Gasteiger partial charge >= 0.3 is 0 Å². The zero-order chi connectivity index (χ0) is 27.9. The third kappa shape index (κ3) is 6.32. The lowest BCUT2D eigenvalue weighted by molar-refractivity contribution is -0.120. The number of methoxy groups -OCH3 is 1. The molecule has 0 bridgehead atoms. The quantitative estimate of drug-likeness (QED) is 0.255. The molecule has 11 heteroatoms. The van der Waals surface area contributed by atoms with Gasteiger partial charge in [-0.3, -0.25) is 24.4 Å². The number of rotatable bonds is 11. The fraction of sp³-hybridized carbons (Fsp3) is 0.250. The Labute approximate surface area is 225 Å². The Morgan fingerprint density at radius 2 is 1.87 bits per heavy atom. The molecule has 202 valence electrons. The minimum absolute atomic E-state index is 0.0876. The van der Waals surface area contributed by atoms with E-state index < -0.39 is 5.91 Å². The predicted molar refractivity (Wildman–Crippen MR) is 148 cm³/mol. The lowest BCUT2D eigenvalue weighted by Gasteiger charge is -2.11. The van der Waals surface area contributed by atoms with Crippen LogP contribution in [0.5, 0.6) is 5.75 Å². The van der Waals surface area contributed by atoms with Crippen LogP contribution in [-0.2, 0) is 24.3 Å². The highest BCUT2D eigenvalue weighted by molar-refractivity contribution is 6.04. The summed E-state index contributed by atoms with van der Waals surface area (Å²) in [5.74, 6) is -0.443. The Kier molecular flexibility index (Phi) is 8.40. The van der Waals surface area contributed by atoms with Crippen molar-refractivity contribution in [3.63, 3.8) is 0 Å². The zero-order valence-corrected chi connectivity index (χ0v) is 22.1. The fourth-order valence-electron chi connectivity index (χ4n) is 4.22. The van der Waals surface area contributed by atoms with Crippen LogP contribution in [-0.4, -0.2) is 50.7 Å². The van der Waals surface area contributed by atoms with Crippen LogP contribution in [0.2, 0.25) is 0 Å². The van der Waals surface area contributed by atoms with Gasteiger partial charge in [-0.2, -0.15) is 5.10 Å². The first-order valence-electron chi connectivity index (χ1n) is 12.5. The van der Waals surface area contributed by atoms with E-state index in [1.807, 2.05) is 56.3 Å². The molecular formula is C28H31N7O4. The van der Waals surface area contributed by atoms with E-state index in [1.165, 1.54) is 13.2 Å². The van der Waals surface area contributed by atoms with Crippen molar-refractivity contribution >= 4 is 34.7 Å². The molecule has 2 aromatic carbocycles. The van der Waals surface area contributed by atoms with E-state index in [0.717, 1.165) is 11.3 Å². The Bertz CT molecular complexity index is 1540. The lowest BCUT2D eigenvalue weighted by Crippen LogP contribution is -2.25. The molecule has 2 heterocycles. The Morgan fingerprint density at radius 3 is 2.56 bits per heavy atom. The fourth-order valence-corrected chi connectivity index (χ4v) is 4.22. The number of benzene rings is 2. The molecule has 2 aromatic heterocycles. The number of nitrogens with zero attached hydrogens (tertiary/aromatic N) is 4. The number of primary amides is 1. The summed E-state index contributed by atoms with van der Waals surface area (Å²) in [4.78, 5) is 41.9. The van der Waals surface area contributed by atoms with Crippen molar-refractivity contribution in [3.05, 3.63) is 83.2 Å².